The van der Waals surface area contributed by atoms with Crippen molar-refractivity contribution in [2.45, 2.75) is 20.8 Å². The zero-order valence-corrected chi connectivity index (χ0v) is 9.68. The number of aryl methyl sites for hydroxylation is 3. The Bertz CT molecular complexity index is 512. The lowest BCUT2D eigenvalue weighted by molar-refractivity contribution is 0.878. The Morgan fingerprint density at radius 2 is 1.62 bits per heavy atom. The predicted octanol–water partition coefficient (Wildman–Crippen LogP) is 2.09. The molecule has 0 bridgehead atoms. The SMILES string of the molecule is Cc1cc(C)c(C=Nn2cnnc2)cc1C. The van der Waals surface area contributed by atoms with Gasteiger partial charge in [-0.3, -0.25) is 0 Å². The van der Waals surface area contributed by atoms with Crippen molar-refractivity contribution < 1.29 is 0 Å². The zero-order chi connectivity index (χ0) is 11.5. The highest BCUT2D eigenvalue weighted by atomic mass is 15.4. The summed E-state index contributed by atoms with van der Waals surface area (Å²) in [6.07, 6.45) is 4.95. The topological polar surface area (TPSA) is 43.1 Å². The summed E-state index contributed by atoms with van der Waals surface area (Å²) >= 11 is 0. The summed E-state index contributed by atoms with van der Waals surface area (Å²) in [7, 11) is 0. The molecule has 16 heavy (non-hydrogen) atoms. The Morgan fingerprint density at radius 3 is 2.31 bits per heavy atom. The van der Waals surface area contributed by atoms with Crippen LogP contribution in [0.2, 0.25) is 0 Å². The van der Waals surface area contributed by atoms with E-state index in [-0.39, 0.29) is 0 Å². The molecule has 2 aromatic rings. The van der Waals surface area contributed by atoms with Gasteiger partial charge in [0.15, 0.2) is 0 Å². The molecule has 0 atom stereocenters. The van der Waals surface area contributed by atoms with E-state index in [9.17, 15) is 0 Å². The average molecular weight is 214 g/mol. The molecule has 1 aromatic heterocycles. The quantitative estimate of drug-likeness (QED) is 0.718. The van der Waals surface area contributed by atoms with Crippen molar-refractivity contribution in [1.29, 1.82) is 0 Å². The molecule has 2 rings (SSSR count). The van der Waals surface area contributed by atoms with Crippen molar-refractivity contribution in [2.75, 3.05) is 0 Å². The lowest BCUT2D eigenvalue weighted by Gasteiger charge is -2.05. The summed E-state index contributed by atoms with van der Waals surface area (Å²) in [5.41, 5.74) is 4.92. The summed E-state index contributed by atoms with van der Waals surface area (Å²) in [6.45, 7) is 6.30. The molecule has 0 N–H and O–H groups in total. The van der Waals surface area contributed by atoms with E-state index in [0.717, 1.165) is 5.56 Å². The van der Waals surface area contributed by atoms with Crippen LogP contribution in [-0.4, -0.2) is 21.1 Å². The maximum absolute atomic E-state index is 4.23. The third-order valence-corrected chi connectivity index (χ3v) is 2.62. The third-order valence-electron chi connectivity index (χ3n) is 2.62. The molecule has 4 heteroatoms. The van der Waals surface area contributed by atoms with Crippen molar-refractivity contribution in [1.82, 2.24) is 14.9 Å². The number of aromatic nitrogens is 3. The summed E-state index contributed by atoms with van der Waals surface area (Å²) < 4.78 is 1.58. The summed E-state index contributed by atoms with van der Waals surface area (Å²) in [6, 6.07) is 4.31. The molecular weight excluding hydrogens is 200 g/mol. The van der Waals surface area contributed by atoms with E-state index in [0.29, 0.717) is 0 Å². The molecule has 0 aliphatic heterocycles. The largest absolute Gasteiger partial charge is 0.208 e. The monoisotopic (exact) mass is 214 g/mol. The van der Waals surface area contributed by atoms with Gasteiger partial charge in [-0.25, -0.2) is 4.68 Å². The van der Waals surface area contributed by atoms with Crippen LogP contribution in [0.5, 0.6) is 0 Å². The Kier molecular flexibility index (Phi) is 2.81. The molecule has 0 fully saturated rings. The van der Waals surface area contributed by atoms with Crippen LogP contribution in [0.1, 0.15) is 22.3 Å². The van der Waals surface area contributed by atoms with Crippen molar-refractivity contribution in [2.24, 2.45) is 5.10 Å². The van der Waals surface area contributed by atoms with E-state index in [4.69, 9.17) is 0 Å². The lowest BCUT2D eigenvalue weighted by Crippen LogP contribution is -1.93. The Hall–Kier alpha value is -1.97. The Balaban J connectivity index is 2.31. The molecule has 1 heterocycles. The third kappa shape index (κ3) is 2.16. The van der Waals surface area contributed by atoms with Crippen LogP contribution in [0.25, 0.3) is 0 Å². The standard InChI is InChI=1S/C12H14N4/c1-9-4-11(3)12(5-10(9)2)6-15-16-7-13-14-8-16/h4-8H,1-3H3. The van der Waals surface area contributed by atoms with E-state index in [1.54, 1.807) is 17.3 Å². The number of hydrogen-bond acceptors (Lipinski definition) is 3. The molecule has 1 aromatic carbocycles. The second-order valence-electron chi connectivity index (χ2n) is 3.88. The van der Waals surface area contributed by atoms with E-state index in [1.165, 1.54) is 16.7 Å². The second kappa shape index (κ2) is 4.26. The van der Waals surface area contributed by atoms with Crippen LogP contribution in [0.3, 0.4) is 0 Å². The fraction of sp³-hybridized carbons (Fsp3) is 0.250. The van der Waals surface area contributed by atoms with Gasteiger partial charge in [0.2, 0.25) is 0 Å². The van der Waals surface area contributed by atoms with E-state index in [1.807, 2.05) is 6.21 Å². The van der Waals surface area contributed by atoms with Crippen molar-refractivity contribution >= 4 is 6.21 Å². The molecular formula is C12H14N4. The van der Waals surface area contributed by atoms with Crippen molar-refractivity contribution in [3.05, 3.63) is 47.0 Å². The molecule has 0 saturated heterocycles. The molecule has 0 unspecified atom stereocenters. The fourth-order valence-corrected chi connectivity index (χ4v) is 1.51. The number of benzene rings is 1. The van der Waals surface area contributed by atoms with Gasteiger partial charge >= 0.3 is 0 Å². The maximum Gasteiger partial charge on any atom is 0.141 e. The first kappa shape index (κ1) is 10.5. The molecule has 0 radical (unpaired) electrons. The predicted molar refractivity (Wildman–Crippen MR) is 63.7 cm³/mol. The Labute approximate surface area is 94.6 Å². The van der Waals surface area contributed by atoms with E-state index >= 15 is 0 Å². The minimum atomic E-state index is 1.12. The maximum atomic E-state index is 4.23. The average Bonchev–Trinajstić information content (AvgIpc) is 2.74. The molecule has 0 spiro atoms. The van der Waals surface area contributed by atoms with Gasteiger partial charge in [-0.2, -0.15) is 5.10 Å². The van der Waals surface area contributed by atoms with Gasteiger partial charge in [-0.15, -0.1) is 10.2 Å². The molecule has 4 nitrogen and oxygen atoms in total. The minimum absolute atomic E-state index is 1.12. The van der Waals surface area contributed by atoms with Gasteiger partial charge in [0, 0.05) is 0 Å². The summed E-state index contributed by atoms with van der Waals surface area (Å²) in [5, 5.41) is 11.6. The first-order chi connectivity index (χ1) is 7.66. The second-order valence-corrected chi connectivity index (χ2v) is 3.88. The van der Waals surface area contributed by atoms with Crippen LogP contribution >= 0.6 is 0 Å². The van der Waals surface area contributed by atoms with Gasteiger partial charge < -0.3 is 0 Å². The fourth-order valence-electron chi connectivity index (χ4n) is 1.51. The smallest absolute Gasteiger partial charge is 0.141 e. The van der Waals surface area contributed by atoms with Gasteiger partial charge in [0.05, 0.1) is 6.21 Å². The highest BCUT2D eigenvalue weighted by Crippen LogP contribution is 2.13. The van der Waals surface area contributed by atoms with E-state index in [2.05, 4.69) is 48.2 Å². The van der Waals surface area contributed by atoms with Gasteiger partial charge in [-0.05, 0) is 49.1 Å². The number of rotatable bonds is 2. The summed E-state index contributed by atoms with van der Waals surface area (Å²) in [4.78, 5) is 0. The van der Waals surface area contributed by atoms with Crippen molar-refractivity contribution in [3.63, 3.8) is 0 Å². The first-order valence-electron chi connectivity index (χ1n) is 5.13. The van der Waals surface area contributed by atoms with Crippen LogP contribution in [0, 0.1) is 20.8 Å². The lowest BCUT2D eigenvalue weighted by atomic mass is 10.0. The molecule has 0 amide bonds. The van der Waals surface area contributed by atoms with Crippen molar-refractivity contribution in [3.8, 4) is 0 Å². The van der Waals surface area contributed by atoms with Crippen LogP contribution in [0.4, 0.5) is 0 Å². The van der Waals surface area contributed by atoms with Crippen LogP contribution in [0.15, 0.2) is 29.9 Å². The molecule has 82 valence electrons. The van der Waals surface area contributed by atoms with Gasteiger partial charge in [-0.1, -0.05) is 6.07 Å². The van der Waals surface area contributed by atoms with Gasteiger partial charge in [0.25, 0.3) is 0 Å². The number of hydrogen-bond donors (Lipinski definition) is 0. The Morgan fingerprint density at radius 1 is 1.00 bits per heavy atom. The molecule has 0 aliphatic carbocycles. The summed E-state index contributed by atoms with van der Waals surface area (Å²) in [5.74, 6) is 0. The minimum Gasteiger partial charge on any atom is -0.208 e. The highest BCUT2D eigenvalue weighted by Gasteiger charge is 1.99. The number of nitrogens with zero attached hydrogens (tertiary/aromatic N) is 4. The van der Waals surface area contributed by atoms with Gasteiger partial charge in [0.1, 0.15) is 12.7 Å². The highest BCUT2D eigenvalue weighted by molar-refractivity contribution is 5.82. The molecule has 0 saturated carbocycles. The van der Waals surface area contributed by atoms with E-state index < -0.39 is 0 Å². The van der Waals surface area contributed by atoms with Crippen LogP contribution < -0.4 is 0 Å². The first-order valence-corrected chi connectivity index (χ1v) is 5.13. The zero-order valence-electron chi connectivity index (χ0n) is 9.68. The van der Waals surface area contributed by atoms with Crippen LogP contribution in [-0.2, 0) is 0 Å². The molecule has 0 aliphatic rings. The normalized spacial score (nSPS) is 11.2.